The van der Waals surface area contributed by atoms with Gasteiger partial charge in [0.25, 0.3) is 5.56 Å². The summed E-state index contributed by atoms with van der Waals surface area (Å²) >= 11 is 0. The lowest BCUT2D eigenvalue weighted by Crippen LogP contribution is -2.40. The van der Waals surface area contributed by atoms with E-state index in [0.717, 1.165) is 0 Å². The molecule has 4 bridgehead atoms. The Morgan fingerprint density at radius 1 is 1.27 bits per heavy atom. The van der Waals surface area contributed by atoms with Gasteiger partial charge in [0, 0.05) is 50.0 Å². The van der Waals surface area contributed by atoms with Gasteiger partial charge in [0.1, 0.15) is 11.3 Å². The maximum atomic E-state index is 13.9. The van der Waals surface area contributed by atoms with Gasteiger partial charge in [-0.3, -0.25) is 13.9 Å². The fraction of sp³-hybridized carbons (Fsp3) is 0.750. The van der Waals surface area contributed by atoms with E-state index in [-0.39, 0.29) is 4.57 Å². The normalized spacial score (nSPS) is 67.2. The highest BCUT2D eigenvalue weighted by atomic mass is 16.2. The van der Waals surface area contributed by atoms with E-state index in [1.54, 1.807) is 0 Å². The Bertz CT molecular complexity index is 1940. The molecule has 6 heteroatoms. The van der Waals surface area contributed by atoms with Gasteiger partial charge in [-0.1, -0.05) is 13.7 Å². The average Bonchev–Trinajstić information content (AvgIpc) is 3.41. The molecule has 0 amide bonds. The number of rotatable bonds is 5. The van der Waals surface area contributed by atoms with E-state index in [2.05, 4.69) is 4.98 Å². The van der Waals surface area contributed by atoms with Crippen LogP contribution in [0.15, 0.2) is 9.59 Å². The highest BCUT2D eigenvalue weighted by molar-refractivity contribution is 5.70. The summed E-state index contributed by atoms with van der Waals surface area (Å²) in [6.45, 7) is -13.5. The molecule has 2 heterocycles. The fourth-order valence-corrected chi connectivity index (χ4v) is 3.22. The average molecular weight is 382 g/mol. The van der Waals surface area contributed by atoms with Crippen LogP contribution in [0.2, 0.25) is 0 Å². The fourth-order valence-electron chi connectivity index (χ4n) is 3.22. The summed E-state index contributed by atoms with van der Waals surface area (Å²) in [6, 6.07) is 0. The molecule has 6 nitrogen and oxygen atoms in total. The maximum Gasteiger partial charge on any atom is 0.332 e. The molecule has 0 aromatic carbocycles. The Kier molecular flexibility index (Phi) is 0.982. The second-order valence-corrected chi connectivity index (χ2v) is 5.71. The Labute approximate surface area is 187 Å². The van der Waals surface area contributed by atoms with Crippen LogP contribution in [0.5, 0.6) is 0 Å². The van der Waals surface area contributed by atoms with Gasteiger partial charge in [-0.2, -0.15) is 0 Å². The molecule has 6 rings (SSSR count). The molecule has 4 saturated carbocycles. The highest BCUT2D eigenvalue weighted by Crippen LogP contribution is 2.65. The minimum absolute atomic E-state index is 0.121. The van der Waals surface area contributed by atoms with Crippen LogP contribution in [-0.4, -0.2) is 19.1 Å². The van der Waals surface area contributed by atoms with Crippen LogP contribution in [0.4, 0.5) is 0 Å². The smallest absolute Gasteiger partial charge is 0.332 e. The summed E-state index contributed by atoms with van der Waals surface area (Å²) in [6.07, 6.45) is -28.2. The van der Waals surface area contributed by atoms with E-state index < -0.39 is 127 Å². The molecule has 0 aliphatic heterocycles. The van der Waals surface area contributed by atoms with Gasteiger partial charge < -0.3 is 4.98 Å². The van der Waals surface area contributed by atoms with E-state index in [4.69, 9.17) is 32.9 Å². The molecule has 2 unspecified atom stereocenters. The largest absolute Gasteiger partial charge is 0.336 e. The van der Waals surface area contributed by atoms with Gasteiger partial charge in [0.2, 0.25) is 0 Å². The van der Waals surface area contributed by atoms with Crippen LogP contribution in [0, 0.1) is 17.7 Å². The number of aromatic amines is 1. The number of hydrogen-bond acceptors (Lipinski definition) is 3. The highest BCUT2D eigenvalue weighted by Gasteiger charge is 2.59. The van der Waals surface area contributed by atoms with Gasteiger partial charge >= 0.3 is 5.69 Å². The first-order valence-electron chi connectivity index (χ1n) is 19.9. The molecular formula is C20H28N4O2. The van der Waals surface area contributed by atoms with E-state index in [1.165, 1.54) is 0 Å². The van der Waals surface area contributed by atoms with E-state index in [0.29, 0.717) is 0 Å². The molecule has 140 valence electrons. The first-order valence-corrected chi connectivity index (χ1v) is 7.39. The summed E-state index contributed by atoms with van der Waals surface area (Å²) in [7, 11) is 0. The molecule has 2 aromatic heterocycles. The molecule has 2 atom stereocenters. The van der Waals surface area contributed by atoms with Gasteiger partial charge in [-0.05, 0) is 62.3 Å². The molecule has 4 fully saturated rings. The monoisotopic (exact) mass is 381 g/mol. The molecule has 0 spiro atoms. The zero-order chi connectivity index (χ0) is 40.2. The number of fused-ring (bicyclic) bond motifs is 1. The first kappa shape index (κ1) is 4.58. The number of nitrogens with one attached hydrogen (secondary N) is 1. The van der Waals surface area contributed by atoms with Crippen molar-refractivity contribution in [1.82, 2.24) is 19.1 Å². The zero-order valence-electron chi connectivity index (χ0n) is 37.9. The molecule has 0 saturated heterocycles. The number of H-pyrrole nitrogens is 1. The molecule has 2 aromatic rings. The predicted molar refractivity (Wildman–Crippen MR) is 100 cm³/mol. The van der Waals surface area contributed by atoms with Crippen LogP contribution in [-0.2, 0) is 18.5 Å². The summed E-state index contributed by atoms with van der Waals surface area (Å²) in [5, 5.41) is 0. The van der Waals surface area contributed by atoms with Crippen molar-refractivity contribution in [2.45, 2.75) is 76.8 Å². The minimum atomic E-state index is -4.22. The van der Waals surface area contributed by atoms with Gasteiger partial charge in [0.15, 0.2) is 5.65 Å². The van der Waals surface area contributed by atoms with Crippen molar-refractivity contribution in [3.63, 3.8) is 0 Å². The van der Waals surface area contributed by atoms with Crippen molar-refractivity contribution in [2.75, 3.05) is 0 Å². The Morgan fingerprint density at radius 3 is 2.77 bits per heavy atom. The molecule has 1 N–H and O–H groups in total. The third-order valence-corrected chi connectivity index (χ3v) is 4.29. The van der Waals surface area contributed by atoms with Crippen molar-refractivity contribution in [1.29, 1.82) is 0 Å². The summed E-state index contributed by atoms with van der Waals surface area (Å²) in [5.74, 6) is -13.6. The lowest BCUT2D eigenvalue weighted by Gasteiger charge is -2.30. The maximum absolute atomic E-state index is 13.9. The van der Waals surface area contributed by atoms with Crippen molar-refractivity contribution >= 4 is 11.2 Å². The lowest BCUT2D eigenvalue weighted by molar-refractivity contribution is 0.262. The standard InChI is InChI=1S/C20H28N4O2/c1-3-5-23-16-15(17(25)24(6-4-2)19(23)26)21-18(22-16)20-10-12-7-13(11-20)9-14(20)8-12/h12-14H,3-11H2,1-2H3,(H,21,22)/i1D3,2D3,3D2,4D2,6D2,7D2,8D2,9D2,10D2,11D2,12D,13D,14D. The molecule has 26 heavy (non-hydrogen) atoms. The van der Waals surface area contributed by atoms with Gasteiger partial charge in [-0.25, -0.2) is 9.78 Å². The number of aryl methyl sites for hydroxylation is 1. The van der Waals surface area contributed by atoms with Crippen molar-refractivity contribution in [3.05, 3.63) is 26.7 Å². The summed E-state index contributed by atoms with van der Waals surface area (Å²) < 4.78 is 208. The van der Waals surface area contributed by atoms with E-state index in [9.17, 15) is 11.0 Å². The minimum Gasteiger partial charge on any atom is -0.336 e. The molecular weight excluding hydrogens is 328 g/mol. The third-order valence-electron chi connectivity index (χ3n) is 4.29. The molecule has 4 aliphatic rings. The van der Waals surface area contributed by atoms with Crippen molar-refractivity contribution < 1.29 is 34.3 Å². The number of hydrogen-bond donors (Lipinski definition) is 1. The summed E-state index contributed by atoms with van der Waals surface area (Å²) in [4.78, 5) is 33.5. The molecule has 4 aliphatic carbocycles. The van der Waals surface area contributed by atoms with E-state index >= 15 is 0 Å². The predicted octanol–water partition coefficient (Wildman–Crippen LogP) is 2.78. The van der Waals surface area contributed by atoms with Crippen molar-refractivity contribution in [2.24, 2.45) is 17.7 Å². The van der Waals surface area contributed by atoms with Crippen molar-refractivity contribution in [3.8, 4) is 0 Å². The van der Waals surface area contributed by atoms with Crippen LogP contribution in [0.1, 0.15) is 98.4 Å². The Hall–Kier alpha value is -1.85. The molecule has 0 radical (unpaired) electrons. The van der Waals surface area contributed by atoms with Crippen LogP contribution in [0.25, 0.3) is 11.2 Å². The number of aromatic nitrogens is 4. The topological polar surface area (TPSA) is 72.7 Å². The van der Waals surface area contributed by atoms with Gasteiger partial charge in [-0.15, -0.1) is 0 Å². The Morgan fingerprint density at radius 2 is 2.04 bits per heavy atom. The van der Waals surface area contributed by atoms with Gasteiger partial charge in [0.05, 0.1) is 2.74 Å². The number of nitrogens with zero attached hydrogens (tertiary/aromatic N) is 3. The lowest BCUT2D eigenvalue weighted by atomic mass is 9.75. The van der Waals surface area contributed by atoms with E-state index in [1.807, 2.05) is 4.98 Å². The second kappa shape index (κ2) is 5.57. The first-order chi connectivity index (χ1) is 22.1. The van der Waals surface area contributed by atoms with Crippen LogP contribution in [0.3, 0.4) is 0 Å². The SMILES string of the molecule is [2H]C([2H])([2H])C([2H])([2H])Cn1c(=O)n(C([2H])([2H])C([2H])([2H])C([2H])([2H])[2H])c(=O)c2[nH]c(C34C([2H])([2H])C5([2H])C([2H])([2H])C([2H])(C([2H])([2H])C3([2H])C5([2H])[2H])C4([2H])[2H])nc21. The summed E-state index contributed by atoms with van der Waals surface area (Å²) in [5.41, 5.74) is -10.8. The Balaban J connectivity index is 2.05. The van der Waals surface area contributed by atoms with Crippen LogP contribution < -0.4 is 11.2 Å². The number of imidazole rings is 1. The third kappa shape index (κ3) is 2.01. The zero-order valence-corrected chi connectivity index (χ0v) is 12.9. The second-order valence-electron chi connectivity index (χ2n) is 5.71. The quantitative estimate of drug-likeness (QED) is 0.865. The van der Waals surface area contributed by atoms with Crippen LogP contribution >= 0.6 is 0 Å².